The van der Waals surface area contributed by atoms with Gasteiger partial charge in [-0.3, -0.25) is 4.79 Å². The topological polar surface area (TPSA) is 65.4 Å². The van der Waals surface area contributed by atoms with Crippen LogP contribution in [0.25, 0.3) is 11.0 Å². The first-order valence-corrected chi connectivity index (χ1v) is 8.45. The van der Waals surface area contributed by atoms with E-state index in [-0.39, 0.29) is 18.4 Å². The normalized spacial score (nSPS) is 12.0. The fourth-order valence-electron chi connectivity index (χ4n) is 3.08. The van der Waals surface area contributed by atoms with Gasteiger partial charge in [-0.2, -0.15) is 0 Å². The Kier molecular flexibility index (Phi) is 5.11. The van der Waals surface area contributed by atoms with Crippen LogP contribution in [0.15, 0.2) is 42.5 Å². The molecule has 3 rings (SSSR count). The summed E-state index contributed by atoms with van der Waals surface area (Å²) in [6, 6.07) is 13.2. The van der Waals surface area contributed by atoms with Crippen molar-refractivity contribution in [2.75, 3.05) is 14.2 Å². The second-order valence-corrected chi connectivity index (χ2v) is 6.17. The van der Waals surface area contributed by atoms with Crippen LogP contribution in [0.4, 0.5) is 0 Å². The lowest BCUT2D eigenvalue weighted by atomic mass is 10.1. The van der Waals surface area contributed by atoms with Crippen molar-refractivity contribution >= 4 is 16.9 Å². The summed E-state index contributed by atoms with van der Waals surface area (Å²) in [5.41, 5.74) is 2.83. The highest BCUT2D eigenvalue weighted by molar-refractivity contribution is 5.80. The average Bonchev–Trinajstić information content (AvgIpc) is 2.98. The number of fused-ring (bicyclic) bond motifs is 1. The molecular weight excluding hydrogens is 330 g/mol. The van der Waals surface area contributed by atoms with Crippen LogP contribution >= 0.6 is 0 Å². The third-order valence-corrected chi connectivity index (χ3v) is 4.40. The highest BCUT2D eigenvalue weighted by atomic mass is 16.5. The first kappa shape index (κ1) is 17.8. The molecule has 0 bridgehead atoms. The van der Waals surface area contributed by atoms with Crippen LogP contribution in [0.3, 0.4) is 0 Å². The zero-order valence-electron chi connectivity index (χ0n) is 15.4. The lowest BCUT2D eigenvalue weighted by Crippen LogP contribution is -2.29. The molecule has 136 valence electrons. The maximum absolute atomic E-state index is 12.5. The minimum absolute atomic E-state index is 0.0724. The molecule has 0 aliphatic carbocycles. The summed E-state index contributed by atoms with van der Waals surface area (Å²) in [5, 5.41) is 3.02. The summed E-state index contributed by atoms with van der Waals surface area (Å²) < 4.78 is 12.5. The molecule has 6 heteroatoms. The molecule has 0 saturated heterocycles. The fraction of sp³-hybridized carbons (Fsp3) is 0.300. The number of hydrogen-bond donors (Lipinski definition) is 1. The number of ether oxygens (including phenoxy) is 2. The number of aryl methyl sites for hydroxylation is 1. The summed E-state index contributed by atoms with van der Waals surface area (Å²) in [7, 11) is 5.12. The predicted octanol–water partition coefficient (Wildman–Crippen LogP) is 3.01. The molecule has 1 atom stereocenters. The molecule has 26 heavy (non-hydrogen) atoms. The number of carbonyl (C=O) groups excluding carboxylic acids is 1. The van der Waals surface area contributed by atoms with Gasteiger partial charge < -0.3 is 19.4 Å². The van der Waals surface area contributed by atoms with Crippen LogP contribution in [0.1, 0.15) is 24.4 Å². The summed E-state index contributed by atoms with van der Waals surface area (Å²) in [4.78, 5) is 17.1. The molecule has 3 aromatic rings. The molecule has 0 fully saturated rings. The first-order chi connectivity index (χ1) is 12.5. The van der Waals surface area contributed by atoms with Gasteiger partial charge in [0.1, 0.15) is 5.82 Å². The van der Waals surface area contributed by atoms with Gasteiger partial charge in [-0.15, -0.1) is 0 Å². The smallest absolute Gasteiger partial charge is 0.224 e. The number of methoxy groups -OCH3 is 2. The van der Waals surface area contributed by atoms with E-state index in [0.29, 0.717) is 11.5 Å². The van der Waals surface area contributed by atoms with Crippen LogP contribution in [0, 0.1) is 0 Å². The highest BCUT2D eigenvalue weighted by Gasteiger charge is 2.17. The number of carbonyl (C=O) groups is 1. The molecule has 1 aromatic heterocycles. The van der Waals surface area contributed by atoms with Crippen LogP contribution in [0.5, 0.6) is 11.5 Å². The van der Waals surface area contributed by atoms with Crippen molar-refractivity contribution in [1.82, 2.24) is 14.9 Å². The number of amides is 1. The molecule has 0 aliphatic rings. The molecule has 0 aliphatic heterocycles. The lowest BCUT2D eigenvalue weighted by Gasteiger charge is -2.14. The van der Waals surface area contributed by atoms with E-state index in [9.17, 15) is 4.79 Å². The number of imidazole rings is 1. The van der Waals surface area contributed by atoms with Gasteiger partial charge in [0.2, 0.25) is 5.91 Å². The number of rotatable bonds is 6. The van der Waals surface area contributed by atoms with E-state index in [1.54, 1.807) is 20.3 Å². The van der Waals surface area contributed by atoms with E-state index >= 15 is 0 Å². The van der Waals surface area contributed by atoms with Gasteiger partial charge in [0.05, 0.1) is 37.7 Å². The maximum Gasteiger partial charge on any atom is 0.224 e. The Labute approximate surface area is 152 Å². The highest BCUT2D eigenvalue weighted by Crippen LogP contribution is 2.27. The quantitative estimate of drug-likeness (QED) is 0.740. The Balaban J connectivity index is 1.72. The molecule has 6 nitrogen and oxygen atoms in total. The van der Waals surface area contributed by atoms with Crippen molar-refractivity contribution in [2.24, 2.45) is 7.05 Å². The number of nitrogens with one attached hydrogen (secondary N) is 1. The number of benzene rings is 2. The Morgan fingerprint density at radius 1 is 1.15 bits per heavy atom. The molecule has 1 heterocycles. The molecule has 0 spiro atoms. The van der Waals surface area contributed by atoms with Gasteiger partial charge >= 0.3 is 0 Å². The average molecular weight is 353 g/mol. The minimum Gasteiger partial charge on any atom is -0.493 e. The largest absolute Gasteiger partial charge is 0.493 e. The summed E-state index contributed by atoms with van der Waals surface area (Å²) >= 11 is 0. The van der Waals surface area contributed by atoms with Crippen LogP contribution in [0.2, 0.25) is 0 Å². The van der Waals surface area contributed by atoms with Crippen LogP contribution in [-0.2, 0) is 18.3 Å². The van der Waals surface area contributed by atoms with Crippen LogP contribution in [-0.4, -0.2) is 29.7 Å². The van der Waals surface area contributed by atoms with E-state index in [0.717, 1.165) is 22.4 Å². The standard InChI is InChI=1S/C20H23N3O3/c1-13(20-22-15-7-5-6-8-16(15)23(20)2)21-19(24)12-14-9-10-17(25-3)18(11-14)26-4/h5-11,13H,12H2,1-4H3,(H,21,24). The Bertz CT molecular complexity index is 933. The van der Waals surface area contributed by atoms with Gasteiger partial charge in [-0.1, -0.05) is 18.2 Å². The zero-order chi connectivity index (χ0) is 18.7. The monoisotopic (exact) mass is 353 g/mol. The van der Waals surface area contributed by atoms with Crippen LogP contribution < -0.4 is 14.8 Å². The molecule has 1 unspecified atom stereocenters. The van der Waals surface area contributed by atoms with Gasteiger partial charge in [-0.05, 0) is 36.8 Å². The molecule has 1 amide bonds. The summed E-state index contributed by atoms with van der Waals surface area (Å²) in [6.07, 6.45) is 0.259. The fourth-order valence-corrected chi connectivity index (χ4v) is 3.08. The Morgan fingerprint density at radius 3 is 2.58 bits per heavy atom. The molecular formula is C20H23N3O3. The van der Waals surface area contributed by atoms with E-state index in [4.69, 9.17) is 9.47 Å². The lowest BCUT2D eigenvalue weighted by molar-refractivity contribution is -0.121. The number of hydrogen-bond acceptors (Lipinski definition) is 4. The van der Waals surface area contributed by atoms with Gasteiger partial charge in [0.15, 0.2) is 11.5 Å². The Morgan fingerprint density at radius 2 is 1.88 bits per heavy atom. The maximum atomic E-state index is 12.5. The molecule has 2 aromatic carbocycles. The molecule has 1 N–H and O–H groups in total. The summed E-state index contributed by atoms with van der Waals surface area (Å²) in [5.74, 6) is 2.01. The van der Waals surface area contributed by atoms with Gasteiger partial charge in [0, 0.05) is 7.05 Å². The number of nitrogens with zero attached hydrogens (tertiary/aromatic N) is 2. The van der Waals surface area contributed by atoms with Crippen molar-refractivity contribution in [3.63, 3.8) is 0 Å². The molecule has 0 saturated carbocycles. The minimum atomic E-state index is -0.194. The third kappa shape index (κ3) is 3.49. The first-order valence-electron chi connectivity index (χ1n) is 8.45. The van der Waals surface area contributed by atoms with Crippen molar-refractivity contribution < 1.29 is 14.3 Å². The SMILES string of the molecule is COc1ccc(CC(=O)NC(C)c2nc3ccccc3n2C)cc1OC. The van der Waals surface area contributed by atoms with E-state index in [1.165, 1.54) is 0 Å². The molecule has 0 radical (unpaired) electrons. The van der Waals surface area contributed by atoms with Crippen molar-refractivity contribution in [3.05, 3.63) is 53.9 Å². The third-order valence-electron chi connectivity index (χ3n) is 4.40. The predicted molar refractivity (Wildman–Crippen MR) is 101 cm³/mol. The zero-order valence-corrected chi connectivity index (χ0v) is 15.4. The van der Waals surface area contributed by atoms with Crippen molar-refractivity contribution in [1.29, 1.82) is 0 Å². The van der Waals surface area contributed by atoms with E-state index in [1.807, 2.05) is 54.9 Å². The van der Waals surface area contributed by atoms with Gasteiger partial charge in [-0.25, -0.2) is 4.98 Å². The number of para-hydroxylation sites is 2. The number of aromatic nitrogens is 2. The van der Waals surface area contributed by atoms with Gasteiger partial charge in [0.25, 0.3) is 0 Å². The van der Waals surface area contributed by atoms with Crippen molar-refractivity contribution in [3.8, 4) is 11.5 Å². The summed E-state index contributed by atoms with van der Waals surface area (Å²) in [6.45, 7) is 1.94. The second kappa shape index (κ2) is 7.47. The van der Waals surface area contributed by atoms with Crippen molar-refractivity contribution in [2.45, 2.75) is 19.4 Å². The second-order valence-electron chi connectivity index (χ2n) is 6.17. The Hall–Kier alpha value is -3.02. The van der Waals surface area contributed by atoms with E-state index < -0.39 is 0 Å². The van der Waals surface area contributed by atoms with E-state index in [2.05, 4.69) is 10.3 Å².